The minimum atomic E-state index is -0.410. The number of hydrogen-bond acceptors (Lipinski definition) is 5. The van der Waals surface area contributed by atoms with Crippen molar-refractivity contribution in [3.05, 3.63) is 65.6 Å². The van der Waals surface area contributed by atoms with Crippen LogP contribution in [0.3, 0.4) is 0 Å². The number of rotatable bonds is 6. The van der Waals surface area contributed by atoms with Crippen LogP contribution in [-0.4, -0.2) is 46.5 Å². The maximum atomic E-state index is 12.9. The van der Waals surface area contributed by atoms with E-state index in [4.69, 9.17) is 4.74 Å². The van der Waals surface area contributed by atoms with Gasteiger partial charge in [-0.3, -0.25) is 19.3 Å². The molecule has 2 heterocycles. The van der Waals surface area contributed by atoms with Gasteiger partial charge in [-0.2, -0.15) is 0 Å². The highest BCUT2D eigenvalue weighted by Crippen LogP contribution is 2.33. The molecule has 2 aliphatic heterocycles. The van der Waals surface area contributed by atoms with Crippen LogP contribution in [0, 0.1) is 7.14 Å². The number of hydrogen-bond donors (Lipinski definition) is 0. The third kappa shape index (κ3) is 6.54. The van der Waals surface area contributed by atoms with E-state index >= 15 is 0 Å². The number of thioether (sulfide) groups is 1. The Hall–Kier alpha value is -1.60. The summed E-state index contributed by atoms with van der Waals surface area (Å²) in [6, 6.07) is 13.8. The molecule has 178 valence electrons. The summed E-state index contributed by atoms with van der Waals surface area (Å²) in [6.45, 7) is 1.67. The SMILES string of the molecule is O=C(CN1C(=O)SC(=Cc2ccc(OCc3ccc(I)cc3)c(I)c2)C1=O)N1CCCCCC1. The summed E-state index contributed by atoms with van der Waals surface area (Å²) >= 11 is 5.35. The van der Waals surface area contributed by atoms with Crippen LogP contribution in [0.15, 0.2) is 47.4 Å². The van der Waals surface area contributed by atoms with E-state index in [-0.39, 0.29) is 12.5 Å². The van der Waals surface area contributed by atoms with E-state index in [2.05, 4.69) is 45.2 Å². The van der Waals surface area contributed by atoms with E-state index in [0.717, 1.165) is 62.8 Å². The van der Waals surface area contributed by atoms with Crippen LogP contribution in [0.1, 0.15) is 36.8 Å². The summed E-state index contributed by atoms with van der Waals surface area (Å²) in [4.78, 5) is 41.2. The van der Waals surface area contributed by atoms with Gasteiger partial charge in [-0.05, 0) is 111 Å². The van der Waals surface area contributed by atoms with Gasteiger partial charge in [0.25, 0.3) is 11.1 Å². The molecule has 0 radical (unpaired) electrons. The van der Waals surface area contributed by atoms with Gasteiger partial charge in [0, 0.05) is 16.7 Å². The third-order valence-corrected chi connectivity index (χ3v) is 8.16. The van der Waals surface area contributed by atoms with Gasteiger partial charge in [-0.15, -0.1) is 0 Å². The molecular formula is C25H24I2N2O4S. The summed E-state index contributed by atoms with van der Waals surface area (Å²) in [6.07, 6.45) is 5.87. The Bertz CT molecular complexity index is 1110. The molecule has 0 atom stereocenters. The summed E-state index contributed by atoms with van der Waals surface area (Å²) in [5.74, 6) is 0.189. The lowest BCUT2D eigenvalue weighted by atomic mass is 10.2. The van der Waals surface area contributed by atoms with Crippen LogP contribution >= 0.6 is 56.9 Å². The fourth-order valence-corrected chi connectivity index (χ4v) is 5.70. The third-order valence-electron chi connectivity index (χ3n) is 5.69. The minimum Gasteiger partial charge on any atom is -0.488 e. The zero-order chi connectivity index (χ0) is 24.1. The lowest BCUT2D eigenvalue weighted by Gasteiger charge is -2.22. The van der Waals surface area contributed by atoms with Gasteiger partial charge in [0.1, 0.15) is 18.9 Å². The van der Waals surface area contributed by atoms with Crippen LogP contribution in [-0.2, 0) is 16.2 Å². The lowest BCUT2D eigenvalue weighted by molar-refractivity contribution is -0.135. The van der Waals surface area contributed by atoms with E-state index in [0.29, 0.717) is 24.6 Å². The summed E-state index contributed by atoms with van der Waals surface area (Å²) in [7, 11) is 0. The van der Waals surface area contributed by atoms with Crippen molar-refractivity contribution in [2.24, 2.45) is 0 Å². The van der Waals surface area contributed by atoms with Gasteiger partial charge < -0.3 is 9.64 Å². The molecule has 0 bridgehead atoms. The van der Waals surface area contributed by atoms with E-state index in [1.807, 2.05) is 42.5 Å². The maximum Gasteiger partial charge on any atom is 0.294 e. The molecule has 2 aromatic rings. The second kappa shape index (κ2) is 11.9. The van der Waals surface area contributed by atoms with Crippen molar-refractivity contribution in [2.45, 2.75) is 32.3 Å². The van der Waals surface area contributed by atoms with E-state index in [1.165, 1.54) is 3.57 Å². The summed E-state index contributed by atoms with van der Waals surface area (Å²) in [5.41, 5.74) is 1.89. The van der Waals surface area contributed by atoms with Crippen molar-refractivity contribution in [3.8, 4) is 5.75 Å². The first-order chi connectivity index (χ1) is 16.4. The van der Waals surface area contributed by atoms with Crippen molar-refractivity contribution in [2.75, 3.05) is 19.6 Å². The Labute approximate surface area is 230 Å². The van der Waals surface area contributed by atoms with Crippen molar-refractivity contribution >= 4 is 80.1 Å². The molecule has 0 saturated carbocycles. The predicted molar refractivity (Wildman–Crippen MR) is 150 cm³/mol. The molecule has 34 heavy (non-hydrogen) atoms. The number of nitrogens with zero attached hydrogens (tertiary/aromatic N) is 2. The first-order valence-corrected chi connectivity index (χ1v) is 14.1. The molecule has 2 saturated heterocycles. The first kappa shape index (κ1) is 25.5. The highest BCUT2D eigenvalue weighted by Gasteiger charge is 2.37. The molecule has 0 unspecified atom stereocenters. The zero-order valence-electron chi connectivity index (χ0n) is 18.5. The molecule has 4 rings (SSSR count). The van der Waals surface area contributed by atoms with Gasteiger partial charge in [0.05, 0.1) is 8.48 Å². The van der Waals surface area contributed by atoms with E-state index < -0.39 is 11.1 Å². The molecule has 2 aliphatic rings. The minimum absolute atomic E-state index is 0.158. The van der Waals surface area contributed by atoms with Crippen LogP contribution in [0.5, 0.6) is 5.75 Å². The highest BCUT2D eigenvalue weighted by molar-refractivity contribution is 14.1. The molecule has 9 heteroatoms. The Kier molecular flexibility index (Phi) is 8.92. The largest absolute Gasteiger partial charge is 0.488 e. The van der Waals surface area contributed by atoms with Gasteiger partial charge in [0.15, 0.2) is 0 Å². The number of imide groups is 1. The quantitative estimate of drug-likeness (QED) is 0.277. The van der Waals surface area contributed by atoms with Crippen molar-refractivity contribution in [1.29, 1.82) is 0 Å². The van der Waals surface area contributed by atoms with Gasteiger partial charge in [-0.25, -0.2) is 0 Å². The molecule has 6 nitrogen and oxygen atoms in total. The summed E-state index contributed by atoms with van der Waals surface area (Å²) in [5, 5.41) is -0.397. The number of amides is 3. The number of carbonyl (C=O) groups excluding carboxylic acids is 3. The second-order valence-electron chi connectivity index (χ2n) is 8.17. The van der Waals surface area contributed by atoms with Crippen LogP contribution in [0.25, 0.3) is 6.08 Å². The fourth-order valence-electron chi connectivity index (χ4n) is 3.81. The Morgan fingerprint density at radius 2 is 1.71 bits per heavy atom. The maximum absolute atomic E-state index is 12.9. The van der Waals surface area contributed by atoms with Crippen molar-refractivity contribution in [1.82, 2.24) is 9.80 Å². The normalized spacial score (nSPS) is 17.9. The highest BCUT2D eigenvalue weighted by atomic mass is 127. The molecule has 0 aliphatic carbocycles. The first-order valence-electron chi connectivity index (χ1n) is 11.1. The Morgan fingerprint density at radius 1 is 1.00 bits per heavy atom. The summed E-state index contributed by atoms with van der Waals surface area (Å²) < 4.78 is 8.03. The molecule has 3 amide bonds. The standard InChI is InChI=1S/C25H24I2N2O4S/c26-19-8-5-17(6-9-19)16-33-21-10-7-18(13-20(21)27)14-22-24(31)29(25(32)34-22)15-23(30)28-11-3-1-2-4-12-28/h5-10,13-14H,1-4,11-12,15-16H2. The van der Waals surface area contributed by atoms with Crippen LogP contribution < -0.4 is 4.74 Å². The fraction of sp³-hybridized carbons (Fsp3) is 0.320. The van der Waals surface area contributed by atoms with E-state index in [9.17, 15) is 14.4 Å². The molecule has 2 aromatic carbocycles. The topological polar surface area (TPSA) is 66.9 Å². The van der Waals surface area contributed by atoms with Crippen LogP contribution in [0.2, 0.25) is 0 Å². The van der Waals surface area contributed by atoms with Gasteiger partial charge in [0.2, 0.25) is 5.91 Å². The Balaban J connectivity index is 1.39. The molecule has 2 fully saturated rings. The monoisotopic (exact) mass is 702 g/mol. The molecular weight excluding hydrogens is 678 g/mol. The van der Waals surface area contributed by atoms with E-state index in [1.54, 1.807) is 11.0 Å². The Morgan fingerprint density at radius 3 is 2.38 bits per heavy atom. The van der Waals surface area contributed by atoms with Crippen molar-refractivity contribution < 1.29 is 19.1 Å². The number of benzene rings is 2. The predicted octanol–water partition coefficient (Wildman–Crippen LogP) is 5.91. The molecule has 0 spiro atoms. The average Bonchev–Trinajstić information content (AvgIpc) is 3.01. The second-order valence-corrected chi connectivity index (χ2v) is 11.6. The lowest BCUT2D eigenvalue weighted by Crippen LogP contribution is -2.42. The molecule has 0 N–H and O–H groups in total. The van der Waals surface area contributed by atoms with Crippen molar-refractivity contribution in [3.63, 3.8) is 0 Å². The zero-order valence-corrected chi connectivity index (χ0v) is 23.6. The molecule has 0 aromatic heterocycles. The average molecular weight is 702 g/mol. The van der Waals surface area contributed by atoms with Gasteiger partial charge in [-0.1, -0.05) is 31.0 Å². The van der Waals surface area contributed by atoms with Crippen LogP contribution in [0.4, 0.5) is 4.79 Å². The smallest absolute Gasteiger partial charge is 0.294 e. The number of halogens is 2. The number of carbonyl (C=O) groups is 3. The van der Waals surface area contributed by atoms with Gasteiger partial charge >= 0.3 is 0 Å². The number of ether oxygens (including phenoxy) is 1. The number of likely N-dealkylation sites (tertiary alicyclic amines) is 1.